The van der Waals surface area contributed by atoms with Crippen molar-refractivity contribution >= 4 is 11.8 Å². The molecule has 0 aliphatic carbocycles. The van der Waals surface area contributed by atoms with Gasteiger partial charge in [0.25, 0.3) is 0 Å². The second-order valence-corrected chi connectivity index (χ2v) is 5.23. The zero-order valence-corrected chi connectivity index (χ0v) is 11.1. The molecule has 5 heteroatoms. The Labute approximate surface area is 108 Å². The summed E-state index contributed by atoms with van der Waals surface area (Å²) < 4.78 is 0. The van der Waals surface area contributed by atoms with E-state index in [9.17, 15) is 9.59 Å². The van der Waals surface area contributed by atoms with Gasteiger partial charge in [-0.2, -0.15) is 0 Å². The molecule has 0 aromatic heterocycles. The van der Waals surface area contributed by atoms with Crippen LogP contribution in [0, 0.1) is 0 Å². The van der Waals surface area contributed by atoms with Crippen LogP contribution in [0.3, 0.4) is 0 Å². The lowest BCUT2D eigenvalue weighted by Gasteiger charge is -2.37. The number of amides is 2. The summed E-state index contributed by atoms with van der Waals surface area (Å²) in [4.78, 5) is 25.6. The Bertz CT molecular complexity index is 319. The smallest absolute Gasteiger partial charge is 0.245 e. The minimum atomic E-state index is -0.271. The van der Waals surface area contributed by atoms with Crippen molar-refractivity contribution in [1.29, 1.82) is 0 Å². The van der Waals surface area contributed by atoms with Gasteiger partial charge in [-0.1, -0.05) is 0 Å². The van der Waals surface area contributed by atoms with Crippen LogP contribution in [-0.2, 0) is 9.59 Å². The molecule has 2 amide bonds. The third kappa shape index (κ3) is 3.02. The normalized spacial score (nSPS) is 28.3. The van der Waals surface area contributed by atoms with Gasteiger partial charge >= 0.3 is 0 Å². The molecule has 0 bridgehead atoms. The summed E-state index contributed by atoms with van der Waals surface area (Å²) in [7, 11) is 1.94. The molecular weight excluding hydrogens is 230 g/mol. The molecule has 0 saturated carbocycles. The maximum absolute atomic E-state index is 12.4. The van der Waals surface area contributed by atoms with Gasteiger partial charge in [-0.3, -0.25) is 9.59 Å². The highest BCUT2D eigenvalue weighted by molar-refractivity contribution is 5.91. The fourth-order valence-electron chi connectivity index (χ4n) is 2.90. The summed E-state index contributed by atoms with van der Waals surface area (Å²) in [6, 6.07) is 0.0730. The molecule has 2 rings (SSSR count). The number of nitrogens with zero attached hydrogens (tertiary/aromatic N) is 1. The largest absolute Gasteiger partial charge is 0.344 e. The van der Waals surface area contributed by atoms with Crippen molar-refractivity contribution in [3.63, 3.8) is 0 Å². The summed E-state index contributed by atoms with van der Waals surface area (Å²) in [5.74, 6) is 0.138. The summed E-state index contributed by atoms with van der Waals surface area (Å²) >= 11 is 0. The number of carbonyl (C=O) groups excluding carboxylic acids is 2. The fraction of sp³-hybridized carbons (Fsp3) is 0.846. The highest BCUT2D eigenvalue weighted by Crippen LogP contribution is 2.22. The van der Waals surface area contributed by atoms with E-state index in [1.54, 1.807) is 0 Å². The lowest BCUT2D eigenvalue weighted by molar-refractivity contribution is -0.138. The minimum Gasteiger partial charge on any atom is -0.344 e. The topological polar surface area (TPSA) is 61.4 Å². The summed E-state index contributed by atoms with van der Waals surface area (Å²) in [5, 5.41) is 5.93. The van der Waals surface area contributed by atoms with Crippen LogP contribution in [0.5, 0.6) is 0 Å². The third-order valence-corrected chi connectivity index (χ3v) is 3.93. The number of rotatable bonds is 4. The van der Waals surface area contributed by atoms with Gasteiger partial charge in [0.15, 0.2) is 0 Å². The van der Waals surface area contributed by atoms with E-state index < -0.39 is 0 Å². The van der Waals surface area contributed by atoms with Crippen LogP contribution in [0.4, 0.5) is 0 Å². The van der Waals surface area contributed by atoms with Crippen molar-refractivity contribution in [3.05, 3.63) is 0 Å². The molecule has 2 aliphatic rings. The maximum Gasteiger partial charge on any atom is 0.245 e. The molecule has 0 radical (unpaired) electrons. The molecule has 2 atom stereocenters. The first-order valence-corrected chi connectivity index (χ1v) is 6.97. The number of piperidine rings is 1. The molecule has 0 aromatic rings. The van der Waals surface area contributed by atoms with Gasteiger partial charge in [0.05, 0.1) is 0 Å². The molecule has 18 heavy (non-hydrogen) atoms. The van der Waals surface area contributed by atoms with Gasteiger partial charge in [-0.05, 0) is 45.7 Å². The van der Waals surface area contributed by atoms with Gasteiger partial charge in [-0.25, -0.2) is 0 Å². The summed E-state index contributed by atoms with van der Waals surface area (Å²) in [6.45, 7) is 1.78. The first kappa shape index (κ1) is 13.3. The molecule has 0 spiro atoms. The quantitative estimate of drug-likeness (QED) is 0.755. The number of carbonyl (C=O) groups is 2. The van der Waals surface area contributed by atoms with Crippen LogP contribution < -0.4 is 10.6 Å². The zero-order chi connectivity index (χ0) is 13.0. The monoisotopic (exact) mass is 253 g/mol. The van der Waals surface area contributed by atoms with Gasteiger partial charge in [0, 0.05) is 19.0 Å². The minimum absolute atomic E-state index is 0.0112. The van der Waals surface area contributed by atoms with Crippen molar-refractivity contribution in [2.24, 2.45) is 0 Å². The van der Waals surface area contributed by atoms with E-state index in [-0.39, 0.29) is 17.9 Å². The van der Waals surface area contributed by atoms with Crippen molar-refractivity contribution in [3.8, 4) is 0 Å². The zero-order valence-electron chi connectivity index (χ0n) is 11.1. The fourth-order valence-corrected chi connectivity index (χ4v) is 2.90. The van der Waals surface area contributed by atoms with Gasteiger partial charge in [0.1, 0.15) is 6.04 Å². The van der Waals surface area contributed by atoms with Crippen LogP contribution in [0.1, 0.15) is 38.5 Å². The summed E-state index contributed by atoms with van der Waals surface area (Å²) in [6.07, 6.45) is 5.53. The number of hydrogen-bond donors (Lipinski definition) is 2. The molecule has 2 heterocycles. The summed E-state index contributed by atoms with van der Waals surface area (Å²) in [5.41, 5.74) is 0. The van der Waals surface area contributed by atoms with Crippen molar-refractivity contribution in [2.75, 3.05) is 20.1 Å². The molecule has 102 valence electrons. The molecule has 2 saturated heterocycles. The van der Waals surface area contributed by atoms with Gasteiger partial charge in [-0.15, -0.1) is 0 Å². The molecule has 0 aromatic carbocycles. The Hall–Kier alpha value is -1.10. The van der Waals surface area contributed by atoms with Crippen LogP contribution >= 0.6 is 0 Å². The highest BCUT2D eigenvalue weighted by atomic mass is 16.2. The van der Waals surface area contributed by atoms with Gasteiger partial charge < -0.3 is 15.5 Å². The highest BCUT2D eigenvalue weighted by Gasteiger charge is 2.34. The second-order valence-electron chi connectivity index (χ2n) is 5.23. The number of hydrogen-bond acceptors (Lipinski definition) is 3. The molecular formula is C13H23N3O2. The molecule has 2 N–H and O–H groups in total. The average molecular weight is 253 g/mol. The van der Waals surface area contributed by atoms with Gasteiger partial charge in [0.2, 0.25) is 11.8 Å². The lowest BCUT2D eigenvalue weighted by Crippen LogP contribution is -2.51. The van der Waals surface area contributed by atoms with E-state index in [0.717, 1.165) is 32.4 Å². The van der Waals surface area contributed by atoms with Crippen molar-refractivity contribution in [1.82, 2.24) is 15.5 Å². The SMILES string of the molecule is CNCCC1CCCCN1C(=O)[C@H]1CCC(=O)N1. The molecule has 2 aliphatic heterocycles. The van der Waals surface area contributed by atoms with Crippen LogP contribution in [-0.4, -0.2) is 48.9 Å². The van der Waals surface area contributed by atoms with Crippen LogP contribution in [0.2, 0.25) is 0 Å². The molecule has 1 unspecified atom stereocenters. The Kier molecular flexibility index (Phi) is 4.58. The predicted octanol–water partition coefficient (Wildman–Crippen LogP) is 0.256. The van der Waals surface area contributed by atoms with E-state index in [1.165, 1.54) is 6.42 Å². The Balaban J connectivity index is 1.94. The van der Waals surface area contributed by atoms with Crippen molar-refractivity contribution < 1.29 is 9.59 Å². The Morgan fingerprint density at radius 3 is 2.94 bits per heavy atom. The average Bonchev–Trinajstić information content (AvgIpc) is 2.82. The first-order chi connectivity index (χ1) is 8.72. The molecule has 2 fully saturated rings. The second kappa shape index (κ2) is 6.18. The number of likely N-dealkylation sites (tertiary alicyclic amines) is 1. The van der Waals surface area contributed by atoms with E-state index in [0.29, 0.717) is 18.9 Å². The van der Waals surface area contributed by atoms with Crippen LogP contribution in [0.25, 0.3) is 0 Å². The Morgan fingerprint density at radius 1 is 1.44 bits per heavy atom. The number of nitrogens with one attached hydrogen (secondary N) is 2. The van der Waals surface area contributed by atoms with E-state index in [2.05, 4.69) is 10.6 Å². The molecule has 5 nitrogen and oxygen atoms in total. The van der Waals surface area contributed by atoms with Crippen LogP contribution in [0.15, 0.2) is 0 Å². The van der Waals surface area contributed by atoms with Crippen molar-refractivity contribution in [2.45, 2.75) is 50.6 Å². The van der Waals surface area contributed by atoms with E-state index in [4.69, 9.17) is 0 Å². The first-order valence-electron chi connectivity index (χ1n) is 6.97. The van der Waals surface area contributed by atoms with E-state index in [1.807, 2.05) is 11.9 Å². The van der Waals surface area contributed by atoms with E-state index >= 15 is 0 Å². The Morgan fingerprint density at radius 2 is 2.28 bits per heavy atom. The maximum atomic E-state index is 12.4. The standard InChI is InChI=1S/C13H23N3O2/c1-14-8-7-10-4-2-3-9-16(10)13(18)11-5-6-12(17)15-11/h10-11,14H,2-9H2,1H3,(H,15,17)/t10?,11-/m1/s1. The lowest BCUT2D eigenvalue weighted by atomic mass is 9.98. The predicted molar refractivity (Wildman–Crippen MR) is 69.1 cm³/mol. The third-order valence-electron chi connectivity index (χ3n) is 3.93.